The van der Waals surface area contributed by atoms with Crippen LogP contribution >= 0.6 is 11.6 Å². The standard InChI is InChI=1S/C15H19ClN2O/c1-3-11-10(2)13(16)8-14-12(11)9-17-18(14)15-6-4-5-7-19-15/h8-9,15H,3-7H2,1-2H3. The first-order valence-electron chi connectivity index (χ1n) is 6.99. The molecule has 1 aromatic heterocycles. The Morgan fingerprint density at radius 3 is 3.00 bits per heavy atom. The molecule has 0 amide bonds. The monoisotopic (exact) mass is 278 g/mol. The molecule has 102 valence electrons. The SMILES string of the molecule is CCc1c(C)c(Cl)cc2c1cnn2C1CCCCO1. The van der Waals surface area contributed by atoms with Gasteiger partial charge >= 0.3 is 0 Å². The van der Waals surface area contributed by atoms with Crippen LogP contribution in [0.2, 0.25) is 5.02 Å². The van der Waals surface area contributed by atoms with Crippen LogP contribution in [0.25, 0.3) is 10.9 Å². The van der Waals surface area contributed by atoms with E-state index in [9.17, 15) is 0 Å². The van der Waals surface area contributed by atoms with Crippen LogP contribution in [0, 0.1) is 6.92 Å². The summed E-state index contributed by atoms with van der Waals surface area (Å²) in [7, 11) is 0. The van der Waals surface area contributed by atoms with Crippen LogP contribution < -0.4 is 0 Å². The maximum atomic E-state index is 6.36. The summed E-state index contributed by atoms with van der Waals surface area (Å²) in [6, 6.07) is 2.02. The summed E-state index contributed by atoms with van der Waals surface area (Å²) in [5, 5.41) is 6.57. The molecule has 1 atom stereocenters. The van der Waals surface area contributed by atoms with E-state index in [0.717, 1.165) is 36.4 Å². The molecule has 19 heavy (non-hydrogen) atoms. The summed E-state index contributed by atoms with van der Waals surface area (Å²) in [5.41, 5.74) is 3.56. The molecule has 0 radical (unpaired) electrons. The molecule has 1 aromatic carbocycles. The van der Waals surface area contributed by atoms with Gasteiger partial charge in [-0.3, -0.25) is 0 Å². The molecule has 0 saturated carbocycles. The Hall–Kier alpha value is -1.06. The molecule has 1 unspecified atom stereocenters. The van der Waals surface area contributed by atoms with Gasteiger partial charge in [-0.15, -0.1) is 0 Å². The van der Waals surface area contributed by atoms with E-state index >= 15 is 0 Å². The molecule has 2 heterocycles. The maximum absolute atomic E-state index is 6.36. The Morgan fingerprint density at radius 1 is 1.47 bits per heavy atom. The van der Waals surface area contributed by atoms with Gasteiger partial charge in [0.05, 0.1) is 11.7 Å². The zero-order valence-electron chi connectivity index (χ0n) is 11.4. The zero-order valence-corrected chi connectivity index (χ0v) is 12.2. The summed E-state index contributed by atoms with van der Waals surface area (Å²) in [6.45, 7) is 5.06. The lowest BCUT2D eigenvalue weighted by molar-refractivity contribution is -0.0366. The van der Waals surface area contributed by atoms with Crippen LogP contribution in [0.1, 0.15) is 43.5 Å². The van der Waals surface area contributed by atoms with Crippen molar-refractivity contribution in [2.75, 3.05) is 6.61 Å². The molecule has 3 rings (SSSR count). The topological polar surface area (TPSA) is 27.1 Å². The number of benzene rings is 1. The van der Waals surface area contributed by atoms with Crippen LogP contribution in [-0.4, -0.2) is 16.4 Å². The summed E-state index contributed by atoms with van der Waals surface area (Å²) in [6.07, 6.45) is 6.37. The first-order chi connectivity index (χ1) is 9.22. The highest BCUT2D eigenvalue weighted by Crippen LogP contribution is 2.32. The average molecular weight is 279 g/mol. The Kier molecular flexibility index (Phi) is 3.50. The van der Waals surface area contributed by atoms with Crippen molar-refractivity contribution in [1.29, 1.82) is 0 Å². The van der Waals surface area contributed by atoms with Gasteiger partial charge in [0.15, 0.2) is 6.23 Å². The molecule has 3 nitrogen and oxygen atoms in total. The number of nitrogens with zero attached hydrogens (tertiary/aromatic N) is 2. The van der Waals surface area contributed by atoms with E-state index in [1.165, 1.54) is 22.9 Å². The van der Waals surface area contributed by atoms with Crippen molar-refractivity contribution in [2.45, 2.75) is 45.8 Å². The highest BCUT2D eigenvalue weighted by molar-refractivity contribution is 6.32. The number of aryl methyl sites for hydroxylation is 1. The fourth-order valence-corrected chi connectivity index (χ4v) is 3.14. The van der Waals surface area contributed by atoms with E-state index in [2.05, 4.69) is 18.9 Å². The van der Waals surface area contributed by atoms with Crippen LogP contribution in [-0.2, 0) is 11.2 Å². The fourth-order valence-electron chi connectivity index (χ4n) is 2.92. The summed E-state index contributed by atoms with van der Waals surface area (Å²) in [5.74, 6) is 0. The number of hydrogen-bond acceptors (Lipinski definition) is 2. The molecular formula is C15H19ClN2O. The van der Waals surface area contributed by atoms with E-state index in [0.29, 0.717) is 0 Å². The number of ether oxygens (including phenoxy) is 1. The van der Waals surface area contributed by atoms with Crippen LogP contribution in [0.15, 0.2) is 12.3 Å². The van der Waals surface area contributed by atoms with Crippen LogP contribution in [0.5, 0.6) is 0 Å². The second kappa shape index (κ2) is 5.14. The smallest absolute Gasteiger partial charge is 0.150 e. The van der Waals surface area contributed by atoms with Gasteiger partial charge in [-0.25, -0.2) is 4.68 Å². The highest BCUT2D eigenvalue weighted by atomic mass is 35.5. The van der Waals surface area contributed by atoms with Crippen molar-refractivity contribution in [1.82, 2.24) is 9.78 Å². The molecular weight excluding hydrogens is 260 g/mol. The lowest BCUT2D eigenvalue weighted by atomic mass is 10.0. The quantitative estimate of drug-likeness (QED) is 0.821. The summed E-state index contributed by atoms with van der Waals surface area (Å²) in [4.78, 5) is 0. The van der Waals surface area contributed by atoms with Gasteiger partial charge in [-0.2, -0.15) is 5.10 Å². The third-order valence-corrected chi connectivity index (χ3v) is 4.41. The van der Waals surface area contributed by atoms with E-state index in [-0.39, 0.29) is 6.23 Å². The Balaban J connectivity index is 2.14. The van der Waals surface area contributed by atoms with Crippen molar-refractivity contribution in [3.05, 3.63) is 28.4 Å². The Bertz CT molecular complexity index is 600. The number of halogens is 1. The minimum Gasteiger partial charge on any atom is -0.356 e. The van der Waals surface area contributed by atoms with Crippen molar-refractivity contribution >= 4 is 22.5 Å². The normalized spacial score (nSPS) is 20.1. The molecule has 1 aliphatic heterocycles. The van der Waals surface area contributed by atoms with Crippen molar-refractivity contribution < 1.29 is 4.74 Å². The van der Waals surface area contributed by atoms with Gasteiger partial charge in [-0.05, 0) is 49.8 Å². The van der Waals surface area contributed by atoms with Gasteiger partial charge < -0.3 is 4.74 Å². The lowest BCUT2D eigenvalue weighted by Gasteiger charge is -2.23. The average Bonchev–Trinajstić information content (AvgIpc) is 2.84. The second-order valence-corrected chi connectivity index (χ2v) is 5.57. The third-order valence-electron chi connectivity index (χ3n) is 4.02. The molecule has 0 spiro atoms. The first-order valence-corrected chi connectivity index (χ1v) is 7.37. The van der Waals surface area contributed by atoms with Gasteiger partial charge in [0.1, 0.15) is 0 Å². The summed E-state index contributed by atoms with van der Waals surface area (Å²) >= 11 is 6.36. The van der Waals surface area contributed by atoms with Crippen molar-refractivity contribution in [3.8, 4) is 0 Å². The van der Waals surface area contributed by atoms with Gasteiger partial charge in [-0.1, -0.05) is 18.5 Å². The zero-order chi connectivity index (χ0) is 13.4. The van der Waals surface area contributed by atoms with E-state index in [1.807, 2.05) is 16.9 Å². The molecule has 1 saturated heterocycles. The number of rotatable bonds is 2. The first kappa shape index (κ1) is 12.9. The second-order valence-electron chi connectivity index (χ2n) is 5.16. The molecule has 4 heteroatoms. The minimum absolute atomic E-state index is 0.0646. The van der Waals surface area contributed by atoms with Crippen LogP contribution in [0.3, 0.4) is 0 Å². The summed E-state index contributed by atoms with van der Waals surface area (Å²) < 4.78 is 7.83. The number of aromatic nitrogens is 2. The maximum Gasteiger partial charge on any atom is 0.150 e. The number of hydrogen-bond donors (Lipinski definition) is 0. The van der Waals surface area contributed by atoms with E-state index in [1.54, 1.807) is 0 Å². The molecule has 0 N–H and O–H groups in total. The minimum atomic E-state index is 0.0646. The fraction of sp³-hybridized carbons (Fsp3) is 0.533. The predicted octanol–water partition coefficient (Wildman–Crippen LogP) is 4.26. The Labute approximate surface area is 118 Å². The van der Waals surface area contributed by atoms with E-state index < -0.39 is 0 Å². The molecule has 0 aliphatic carbocycles. The molecule has 0 bridgehead atoms. The van der Waals surface area contributed by atoms with Crippen molar-refractivity contribution in [3.63, 3.8) is 0 Å². The number of fused-ring (bicyclic) bond motifs is 1. The highest BCUT2D eigenvalue weighted by Gasteiger charge is 2.20. The van der Waals surface area contributed by atoms with Crippen LogP contribution in [0.4, 0.5) is 0 Å². The van der Waals surface area contributed by atoms with Gasteiger partial charge in [0, 0.05) is 17.0 Å². The van der Waals surface area contributed by atoms with Gasteiger partial charge in [0.2, 0.25) is 0 Å². The van der Waals surface area contributed by atoms with Gasteiger partial charge in [0.25, 0.3) is 0 Å². The molecule has 2 aromatic rings. The van der Waals surface area contributed by atoms with E-state index in [4.69, 9.17) is 16.3 Å². The Morgan fingerprint density at radius 2 is 2.32 bits per heavy atom. The lowest BCUT2D eigenvalue weighted by Crippen LogP contribution is -2.19. The third kappa shape index (κ3) is 2.15. The molecule has 1 fully saturated rings. The van der Waals surface area contributed by atoms with Crippen molar-refractivity contribution in [2.24, 2.45) is 0 Å². The molecule has 1 aliphatic rings. The predicted molar refractivity (Wildman–Crippen MR) is 77.7 cm³/mol. The largest absolute Gasteiger partial charge is 0.356 e.